The van der Waals surface area contributed by atoms with Gasteiger partial charge in [-0.15, -0.1) is 0 Å². The predicted octanol–water partition coefficient (Wildman–Crippen LogP) is 2.53. The van der Waals surface area contributed by atoms with Crippen molar-refractivity contribution in [2.75, 3.05) is 11.9 Å². The van der Waals surface area contributed by atoms with Gasteiger partial charge >= 0.3 is 0 Å². The largest absolute Gasteiger partial charge is 0.494 e. The molecule has 0 atom stereocenters. The number of aliphatic hydroxyl groups is 1. The lowest BCUT2D eigenvalue weighted by Gasteiger charge is -2.11. The van der Waals surface area contributed by atoms with E-state index in [2.05, 4.69) is 10.3 Å². The number of amides is 1. The number of aryl methyl sites for hydroxylation is 1. The average molecular weight is 286 g/mol. The van der Waals surface area contributed by atoms with Gasteiger partial charge in [0.05, 0.1) is 13.2 Å². The van der Waals surface area contributed by atoms with Crippen molar-refractivity contribution >= 4 is 11.6 Å². The van der Waals surface area contributed by atoms with E-state index in [-0.39, 0.29) is 12.5 Å². The summed E-state index contributed by atoms with van der Waals surface area (Å²) in [6, 6.07) is 10.4. The zero-order valence-electron chi connectivity index (χ0n) is 12.1. The third-order valence-corrected chi connectivity index (χ3v) is 2.91. The predicted molar refractivity (Wildman–Crippen MR) is 80.5 cm³/mol. The number of nitrogens with zero attached hydrogens (tertiary/aromatic N) is 1. The van der Waals surface area contributed by atoms with Gasteiger partial charge < -0.3 is 15.2 Å². The summed E-state index contributed by atoms with van der Waals surface area (Å²) >= 11 is 0. The van der Waals surface area contributed by atoms with Crippen molar-refractivity contribution in [1.29, 1.82) is 0 Å². The van der Waals surface area contributed by atoms with Crippen LogP contribution in [0.3, 0.4) is 0 Å². The zero-order chi connectivity index (χ0) is 15.2. The molecule has 5 heteroatoms. The molecule has 0 aliphatic rings. The topological polar surface area (TPSA) is 71.5 Å². The van der Waals surface area contributed by atoms with Gasteiger partial charge in [0, 0.05) is 16.9 Å². The number of hydrogen-bond acceptors (Lipinski definition) is 4. The Morgan fingerprint density at radius 2 is 2.14 bits per heavy atom. The van der Waals surface area contributed by atoms with E-state index in [1.54, 1.807) is 30.3 Å². The number of anilines is 1. The van der Waals surface area contributed by atoms with Gasteiger partial charge in [0.15, 0.2) is 0 Å². The Morgan fingerprint density at radius 3 is 2.81 bits per heavy atom. The molecule has 110 valence electrons. The molecule has 21 heavy (non-hydrogen) atoms. The molecule has 0 bridgehead atoms. The monoisotopic (exact) mass is 286 g/mol. The number of pyridine rings is 1. The summed E-state index contributed by atoms with van der Waals surface area (Å²) in [6.45, 7) is 4.07. The molecule has 1 aromatic heterocycles. The van der Waals surface area contributed by atoms with Crippen LogP contribution < -0.4 is 10.1 Å². The second-order valence-electron chi connectivity index (χ2n) is 4.53. The Bertz CT molecular complexity index is 641. The van der Waals surface area contributed by atoms with Gasteiger partial charge in [-0.05, 0) is 44.2 Å². The lowest BCUT2D eigenvalue weighted by atomic mass is 10.2. The van der Waals surface area contributed by atoms with Crippen LogP contribution in [0.4, 0.5) is 5.69 Å². The van der Waals surface area contributed by atoms with Crippen LogP contribution in [0.15, 0.2) is 36.4 Å². The lowest BCUT2D eigenvalue weighted by molar-refractivity contribution is 0.102. The Hall–Kier alpha value is -2.40. The minimum atomic E-state index is -0.285. The van der Waals surface area contributed by atoms with E-state index in [0.717, 1.165) is 5.69 Å². The van der Waals surface area contributed by atoms with Crippen LogP contribution in [0.2, 0.25) is 0 Å². The number of benzene rings is 1. The summed E-state index contributed by atoms with van der Waals surface area (Å²) in [7, 11) is 0. The quantitative estimate of drug-likeness (QED) is 0.886. The molecule has 2 rings (SSSR count). The van der Waals surface area contributed by atoms with Crippen LogP contribution in [0.25, 0.3) is 0 Å². The van der Waals surface area contributed by atoms with Crippen molar-refractivity contribution in [2.24, 2.45) is 0 Å². The molecular formula is C16H18N2O3. The number of nitrogens with one attached hydrogen (secondary N) is 1. The highest BCUT2D eigenvalue weighted by Crippen LogP contribution is 2.23. The van der Waals surface area contributed by atoms with Crippen molar-refractivity contribution < 1.29 is 14.6 Å². The standard InChI is InChI=1S/C16H18N2O3/c1-3-21-15-8-7-13(9-12(15)10-19)18-16(20)14-6-4-5-11(2)17-14/h4-9,19H,3,10H2,1-2H3,(H,18,20). The molecule has 0 aliphatic heterocycles. The van der Waals surface area contributed by atoms with Crippen molar-refractivity contribution in [1.82, 2.24) is 4.98 Å². The summed E-state index contributed by atoms with van der Waals surface area (Å²) in [6.07, 6.45) is 0. The van der Waals surface area contributed by atoms with Crippen LogP contribution in [-0.2, 0) is 6.61 Å². The molecule has 2 N–H and O–H groups in total. The molecular weight excluding hydrogens is 268 g/mol. The molecule has 1 aromatic carbocycles. The van der Waals surface area contributed by atoms with Crippen LogP contribution in [0.1, 0.15) is 28.7 Å². The third-order valence-electron chi connectivity index (χ3n) is 2.91. The maximum absolute atomic E-state index is 12.1. The Balaban J connectivity index is 2.17. The highest BCUT2D eigenvalue weighted by Gasteiger charge is 2.10. The molecule has 0 unspecified atom stereocenters. The van der Waals surface area contributed by atoms with Gasteiger partial charge in [-0.2, -0.15) is 0 Å². The van der Waals surface area contributed by atoms with E-state index >= 15 is 0 Å². The first kappa shape index (κ1) is 15.0. The first-order valence-electron chi connectivity index (χ1n) is 6.75. The minimum absolute atomic E-state index is 0.151. The summed E-state index contributed by atoms with van der Waals surface area (Å²) in [5.41, 5.74) is 2.36. The van der Waals surface area contributed by atoms with E-state index in [9.17, 15) is 9.90 Å². The molecule has 1 amide bonds. The Kier molecular flexibility index (Phi) is 4.90. The number of carbonyl (C=O) groups is 1. The normalized spacial score (nSPS) is 10.2. The molecule has 2 aromatic rings. The summed E-state index contributed by atoms with van der Waals surface area (Å²) in [4.78, 5) is 16.3. The molecule has 1 heterocycles. The van der Waals surface area contributed by atoms with E-state index in [1.165, 1.54) is 0 Å². The highest BCUT2D eigenvalue weighted by molar-refractivity contribution is 6.02. The van der Waals surface area contributed by atoms with Gasteiger partial charge in [-0.1, -0.05) is 6.07 Å². The first-order chi connectivity index (χ1) is 10.1. The van der Waals surface area contributed by atoms with Gasteiger partial charge in [-0.3, -0.25) is 4.79 Å². The van der Waals surface area contributed by atoms with Gasteiger partial charge in [0.1, 0.15) is 11.4 Å². The van der Waals surface area contributed by atoms with Crippen LogP contribution in [0, 0.1) is 6.92 Å². The average Bonchev–Trinajstić information content (AvgIpc) is 2.49. The Morgan fingerprint density at radius 1 is 1.33 bits per heavy atom. The highest BCUT2D eigenvalue weighted by atomic mass is 16.5. The third kappa shape index (κ3) is 3.79. The fourth-order valence-electron chi connectivity index (χ4n) is 1.94. The number of ether oxygens (including phenoxy) is 1. The van der Waals surface area contributed by atoms with E-state index in [0.29, 0.717) is 29.3 Å². The maximum Gasteiger partial charge on any atom is 0.274 e. The maximum atomic E-state index is 12.1. The van der Waals surface area contributed by atoms with Crippen LogP contribution in [0.5, 0.6) is 5.75 Å². The molecule has 0 spiro atoms. The number of aliphatic hydroxyl groups excluding tert-OH is 1. The number of hydrogen-bond donors (Lipinski definition) is 2. The molecule has 0 saturated heterocycles. The number of aromatic nitrogens is 1. The molecule has 0 saturated carbocycles. The Labute approximate surface area is 123 Å². The molecule has 0 aliphatic carbocycles. The SMILES string of the molecule is CCOc1ccc(NC(=O)c2cccc(C)n2)cc1CO. The smallest absolute Gasteiger partial charge is 0.274 e. The van der Waals surface area contributed by atoms with Crippen molar-refractivity contribution in [3.63, 3.8) is 0 Å². The van der Waals surface area contributed by atoms with E-state index < -0.39 is 0 Å². The van der Waals surface area contributed by atoms with Gasteiger partial charge in [-0.25, -0.2) is 4.98 Å². The summed E-state index contributed by atoms with van der Waals surface area (Å²) in [5, 5.41) is 12.1. The molecule has 5 nitrogen and oxygen atoms in total. The first-order valence-corrected chi connectivity index (χ1v) is 6.75. The van der Waals surface area contributed by atoms with Crippen molar-refractivity contribution in [3.05, 3.63) is 53.3 Å². The second-order valence-corrected chi connectivity index (χ2v) is 4.53. The van der Waals surface area contributed by atoms with E-state index in [4.69, 9.17) is 4.74 Å². The van der Waals surface area contributed by atoms with Gasteiger partial charge in [0.2, 0.25) is 0 Å². The van der Waals surface area contributed by atoms with Crippen molar-refractivity contribution in [2.45, 2.75) is 20.5 Å². The number of carbonyl (C=O) groups excluding carboxylic acids is 1. The lowest BCUT2D eigenvalue weighted by Crippen LogP contribution is -2.14. The van der Waals surface area contributed by atoms with E-state index in [1.807, 2.05) is 19.9 Å². The van der Waals surface area contributed by atoms with Crippen LogP contribution >= 0.6 is 0 Å². The zero-order valence-corrected chi connectivity index (χ0v) is 12.1. The fourth-order valence-corrected chi connectivity index (χ4v) is 1.94. The summed E-state index contributed by atoms with van der Waals surface area (Å²) < 4.78 is 5.40. The molecule has 0 radical (unpaired) electrons. The minimum Gasteiger partial charge on any atom is -0.494 e. The fraction of sp³-hybridized carbons (Fsp3) is 0.250. The second kappa shape index (κ2) is 6.85. The summed E-state index contributed by atoms with van der Waals surface area (Å²) in [5.74, 6) is 0.332. The number of rotatable bonds is 5. The van der Waals surface area contributed by atoms with Crippen LogP contribution in [-0.4, -0.2) is 22.6 Å². The molecule has 0 fully saturated rings. The van der Waals surface area contributed by atoms with Crippen molar-refractivity contribution in [3.8, 4) is 5.75 Å². The van der Waals surface area contributed by atoms with Gasteiger partial charge in [0.25, 0.3) is 5.91 Å².